The van der Waals surface area contributed by atoms with Crippen LogP contribution in [0.4, 0.5) is 0 Å². The Hall–Kier alpha value is -2.53. The Morgan fingerprint density at radius 2 is 1.95 bits per heavy atom. The van der Waals surface area contributed by atoms with Crippen LogP contribution in [-0.2, 0) is 0 Å². The normalized spacial score (nSPS) is 11.2. The van der Waals surface area contributed by atoms with Crippen molar-refractivity contribution in [3.63, 3.8) is 0 Å². The predicted molar refractivity (Wildman–Crippen MR) is 89.4 cm³/mol. The molecule has 0 saturated heterocycles. The molecule has 4 nitrogen and oxygen atoms in total. The maximum absolute atomic E-state index is 4.54. The van der Waals surface area contributed by atoms with Crippen molar-refractivity contribution in [3.05, 3.63) is 60.2 Å². The molecule has 0 radical (unpaired) electrons. The third-order valence-corrected chi connectivity index (χ3v) is 4.81. The fraction of sp³-hybridized carbons (Fsp3) is 0.118. The summed E-state index contributed by atoms with van der Waals surface area (Å²) in [4.78, 5) is 9.87. The van der Waals surface area contributed by atoms with Gasteiger partial charge in [-0.2, -0.15) is 5.10 Å². The Labute approximate surface area is 132 Å². The van der Waals surface area contributed by atoms with Crippen molar-refractivity contribution < 1.29 is 0 Å². The van der Waals surface area contributed by atoms with Gasteiger partial charge in [0.1, 0.15) is 0 Å². The average Bonchev–Trinajstić information content (AvgIpc) is 3.10. The molecule has 108 valence electrons. The van der Waals surface area contributed by atoms with Gasteiger partial charge in [0, 0.05) is 28.7 Å². The monoisotopic (exact) mass is 306 g/mol. The molecule has 4 aromatic heterocycles. The fourth-order valence-corrected chi connectivity index (χ4v) is 3.72. The van der Waals surface area contributed by atoms with Crippen LogP contribution in [0.15, 0.2) is 49.1 Å². The Morgan fingerprint density at radius 3 is 2.77 bits per heavy atom. The van der Waals surface area contributed by atoms with Crippen LogP contribution in [0.25, 0.3) is 26.5 Å². The van der Waals surface area contributed by atoms with Crippen LogP contribution in [0, 0.1) is 13.8 Å². The molecule has 4 aromatic rings. The molecule has 0 amide bonds. The standard InChI is InChI=1S/C17H14N4S/c1-11-4-3-6-19-17(11)21-16(12(2)9-20-21)15-8-13-10-18-7-5-14(13)22-15/h3-10H,1-2H3. The largest absolute Gasteiger partial charge is 0.264 e. The van der Waals surface area contributed by atoms with Gasteiger partial charge in [0.15, 0.2) is 5.82 Å². The highest BCUT2D eigenvalue weighted by atomic mass is 32.1. The van der Waals surface area contributed by atoms with Crippen molar-refractivity contribution in [3.8, 4) is 16.4 Å². The van der Waals surface area contributed by atoms with Crippen molar-refractivity contribution in [1.82, 2.24) is 19.7 Å². The molecule has 0 aliphatic rings. The van der Waals surface area contributed by atoms with Crippen LogP contribution < -0.4 is 0 Å². The number of rotatable bonds is 2. The summed E-state index contributed by atoms with van der Waals surface area (Å²) in [5, 5.41) is 5.70. The number of aryl methyl sites for hydroxylation is 2. The summed E-state index contributed by atoms with van der Waals surface area (Å²) in [6.07, 6.45) is 7.43. The highest BCUT2D eigenvalue weighted by Gasteiger charge is 2.16. The van der Waals surface area contributed by atoms with Crippen LogP contribution in [0.2, 0.25) is 0 Å². The quantitative estimate of drug-likeness (QED) is 0.558. The van der Waals surface area contributed by atoms with Crippen molar-refractivity contribution in [2.75, 3.05) is 0 Å². The van der Waals surface area contributed by atoms with Gasteiger partial charge in [-0.1, -0.05) is 6.07 Å². The van der Waals surface area contributed by atoms with Crippen molar-refractivity contribution >= 4 is 21.4 Å². The summed E-state index contributed by atoms with van der Waals surface area (Å²) >= 11 is 1.76. The molecule has 4 heterocycles. The Bertz CT molecular complexity index is 935. The lowest BCUT2D eigenvalue weighted by atomic mass is 10.2. The highest BCUT2D eigenvalue weighted by Crippen LogP contribution is 2.35. The van der Waals surface area contributed by atoms with E-state index in [0.29, 0.717) is 0 Å². The Kier molecular flexibility index (Phi) is 3.01. The molecule has 0 N–H and O–H groups in total. The molecule has 5 heteroatoms. The number of pyridine rings is 2. The summed E-state index contributed by atoms with van der Waals surface area (Å²) in [5.41, 5.74) is 3.35. The molecule has 0 bridgehead atoms. The van der Waals surface area contributed by atoms with E-state index in [-0.39, 0.29) is 0 Å². The van der Waals surface area contributed by atoms with Crippen LogP contribution in [0.3, 0.4) is 0 Å². The minimum atomic E-state index is 0.876. The van der Waals surface area contributed by atoms with E-state index >= 15 is 0 Å². The van der Waals surface area contributed by atoms with E-state index in [1.807, 2.05) is 35.4 Å². The van der Waals surface area contributed by atoms with Crippen LogP contribution in [-0.4, -0.2) is 19.7 Å². The zero-order valence-electron chi connectivity index (χ0n) is 12.3. The number of hydrogen-bond donors (Lipinski definition) is 0. The lowest BCUT2D eigenvalue weighted by Crippen LogP contribution is -2.03. The first-order valence-corrected chi connectivity index (χ1v) is 7.86. The molecular weight excluding hydrogens is 292 g/mol. The van der Waals surface area contributed by atoms with Crippen LogP contribution >= 0.6 is 11.3 Å². The molecule has 0 atom stereocenters. The smallest absolute Gasteiger partial charge is 0.156 e. The zero-order chi connectivity index (χ0) is 15.1. The van der Waals surface area contributed by atoms with Gasteiger partial charge in [-0.25, -0.2) is 9.67 Å². The second kappa shape index (κ2) is 5.03. The summed E-state index contributed by atoms with van der Waals surface area (Å²) in [6, 6.07) is 8.22. The van der Waals surface area contributed by atoms with Crippen LogP contribution in [0.5, 0.6) is 0 Å². The maximum atomic E-state index is 4.54. The van der Waals surface area contributed by atoms with Crippen LogP contribution in [0.1, 0.15) is 11.1 Å². The third-order valence-electron chi connectivity index (χ3n) is 3.68. The third kappa shape index (κ3) is 2.02. The second-order valence-corrected chi connectivity index (χ2v) is 6.34. The number of hydrogen-bond acceptors (Lipinski definition) is 4. The van der Waals surface area contributed by atoms with E-state index in [9.17, 15) is 0 Å². The lowest BCUT2D eigenvalue weighted by Gasteiger charge is -2.08. The fourth-order valence-electron chi connectivity index (χ4n) is 2.59. The average molecular weight is 306 g/mol. The van der Waals surface area contributed by atoms with Crippen molar-refractivity contribution in [2.24, 2.45) is 0 Å². The lowest BCUT2D eigenvalue weighted by molar-refractivity contribution is 0.846. The van der Waals surface area contributed by atoms with E-state index < -0.39 is 0 Å². The molecule has 0 aliphatic carbocycles. The molecule has 0 aliphatic heterocycles. The number of fused-ring (bicyclic) bond motifs is 1. The molecule has 0 aromatic carbocycles. The van der Waals surface area contributed by atoms with Gasteiger partial charge in [-0.3, -0.25) is 4.98 Å². The molecule has 0 unspecified atom stereocenters. The van der Waals surface area contributed by atoms with Gasteiger partial charge >= 0.3 is 0 Å². The zero-order valence-corrected chi connectivity index (χ0v) is 13.1. The van der Waals surface area contributed by atoms with Gasteiger partial charge in [0.2, 0.25) is 0 Å². The molecule has 22 heavy (non-hydrogen) atoms. The second-order valence-electron chi connectivity index (χ2n) is 5.26. The van der Waals surface area contributed by atoms with Gasteiger partial charge in [0.05, 0.1) is 16.8 Å². The summed E-state index contributed by atoms with van der Waals surface area (Å²) in [7, 11) is 0. The SMILES string of the molecule is Cc1cccnc1-n1ncc(C)c1-c1cc2cnccc2s1. The van der Waals surface area contributed by atoms with Gasteiger partial charge in [-0.15, -0.1) is 11.3 Å². The first-order valence-electron chi connectivity index (χ1n) is 7.04. The molecule has 0 spiro atoms. The maximum Gasteiger partial charge on any atom is 0.156 e. The van der Waals surface area contributed by atoms with E-state index in [1.165, 1.54) is 9.58 Å². The van der Waals surface area contributed by atoms with Crippen molar-refractivity contribution in [2.45, 2.75) is 13.8 Å². The molecule has 4 rings (SSSR count). The minimum Gasteiger partial charge on any atom is -0.264 e. The molecule has 0 fully saturated rings. The number of nitrogens with zero attached hydrogens (tertiary/aromatic N) is 4. The number of aromatic nitrogens is 4. The number of thiophene rings is 1. The van der Waals surface area contributed by atoms with Gasteiger partial charge < -0.3 is 0 Å². The van der Waals surface area contributed by atoms with Crippen molar-refractivity contribution in [1.29, 1.82) is 0 Å². The Morgan fingerprint density at radius 1 is 1.05 bits per heavy atom. The summed E-state index contributed by atoms with van der Waals surface area (Å²) < 4.78 is 3.16. The summed E-state index contributed by atoms with van der Waals surface area (Å²) in [6.45, 7) is 4.14. The summed E-state index contributed by atoms with van der Waals surface area (Å²) in [5.74, 6) is 0.876. The molecular formula is C17H14N4S. The predicted octanol–water partition coefficient (Wildman–Crippen LogP) is 4.16. The highest BCUT2D eigenvalue weighted by molar-refractivity contribution is 7.22. The molecule has 0 saturated carbocycles. The van der Waals surface area contributed by atoms with E-state index in [1.54, 1.807) is 17.5 Å². The minimum absolute atomic E-state index is 0.876. The topological polar surface area (TPSA) is 43.6 Å². The van der Waals surface area contributed by atoms with Gasteiger partial charge in [-0.05, 0) is 43.2 Å². The first kappa shape index (κ1) is 13.2. The van der Waals surface area contributed by atoms with E-state index in [0.717, 1.165) is 28.0 Å². The Balaban J connectivity index is 1.96. The van der Waals surface area contributed by atoms with E-state index in [4.69, 9.17) is 0 Å². The van der Waals surface area contributed by atoms with Gasteiger partial charge in [0.25, 0.3) is 0 Å². The first-order chi connectivity index (χ1) is 10.7. The van der Waals surface area contributed by atoms with E-state index in [2.05, 4.69) is 41.0 Å².